The lowest BCUT2D eigenvalue weighted by molar-refractivity contribution is -0.118. The predicted molar refractivity (Wildman–Crippen MR) is 103 cm³/mol. The van der Waals surface area contributed by atoms with Gasteiger partial charge in [0, 0.05) is 27.7 Å². The number of nitrogens with zero attached hydrogens (tertiary/aromatic N) is 1. The highest BCUT2D eigenvalue weighted by Gasteiger charge is 2.48. The molecular weight excluding hydrogens is 395 g/mol. The molecule has 1 aromatic heterocycles. The SMILES string of the molecule is CC1(C)CC(=O)C2=C(C1)Nc1ncc(F)cc1C2(C)c1cccc(Br)c1. The Bertz CT molecular complexity index is 966. The van der Waals surface area contributed by atoms with Gasteiger partial charge in [-0.25, -0.2) is 9.37 Å². The number of fused-ring (bicyclic) bond motifs is 1. The molecule has 0 radical (unpaired) electrons. The number of aromatic nitrogens is 1. The average molecular weight is 415 g/mol. The number of pyridine rings is 1. The molecule has 0 fully saturated rings. The van der Waals surface area contributed by atoms with Gasteiger partial charge in [-0.2, -0.15) is 0 Å². The van der Waals surface area contributed by atoms with E-state index in [1.54, 1.807) is 0 Å². The molecule has 1 aromatic carbocycles. The lowest BCUT2D eigenvalue weighted by Crippen LogP contribution is -2.42. The Morgan fingerprint density at radius 3 is 2.69 bits per heavy atom. The van der Waals surface area contributed by atoms with E-state index >= 15 is 0 Å². The smallest absolute Gasteiger partial charge is 0.162 e. The molecule has 2 heterocycles. The molecule has 2 aromatic rings. The standard InChI is InChI=1S/C21H20BrFN2O/c1-20(2)9-16-18(17(26)10-20)21(3,12-5-4-6-13(22)7-12)15-8-14(23)11-24-19(15)25-16/h4-8,11H,9-10H2,1-3H3,(H,24,25). The van der Waals surface area contributed by atoms with Crippen LogP contribution < -0.4 is 5.32 Å². The fourth-order valence-corrected chi connectivity index (χ4v) is 4.70. The highest BCUT2D eigenvalue weighted by atomic mass is 79.9. The number of benzene rings is 1. The third-order valence-corrected chi connectivity index (χ3v) is 5.93. The Morgan fingerprint density at radius 1 is 1.19 bits per heavy atom. The van der Waals surface area contributed by atoms with Gasteiger partial charge in [-0.3, -0.25) is 4.79 Å². The number of nitrogens with one attached hydrogen (secondary N) is 1. The minimum atomic E-state index is -0.748. The largest absolute Gasteiger partial charge is 0.343 e. The number of ketones is 1. The fourth-order valence-electron chi connectivity index (χ4n) is 4.31. The first-order chi connectivity index (χ1) is 12.2. The second-order valence-corrected chi connectivity index (χ2v) is 9.02. The number of carbonyl (C=O) groups excluding carboxylic acids is 1. The maximum absolute atomic E-state index is 14.1. The molecule has 5 heteroatoms. The third kappa shape index (κ3) is 2.60. The maximum atomic E-state index is 14.1. The molecule has 1 atom stereocenters. The van der Waals surface area contributed by atoms with Gasteiger partial charge in [0.15, 0.2) is 5.78 Å². The number of halogens is 2. The van der Waals surface area contributed by atoms with E-state index in [0.717, 1.165) is 27.7 Å². The monoisotopic (exact) mass is 414 g/mol. The molecule has 0 spiro atoms. The minimum Gasteiger partial charge on any atom is -0.343 e. The van der Waals surface area contributed by atoms with Crippen molar-refractivity contribution in [2.24, 2.45) is 5.41 Å². The van der Waals surface area contributed by atoms with Gasteiger partial charge in [0.1, 0.15) is 11.6 Å². The van der Waals surface area contributed by atoms with Crippen LogP contribution in [0.1, 0.15) is 44.7 Å². The zero-order valence-electron chi connectivity index (χ0n) is 15.0. The number of carbonyl (C=O) groups is 1. The van der Waals surface area contributed by atoms with E-state index in [9.17, 15) is 9.18 Å². The molecule has 4 rings (SSSR count). The third-order valence-electron chi connectivity index (χ3n) is 5.44. The van der Waals surface area contributed by atoms with Crippen LogP contribution >= 0.6 is 15.9 Å². The molecule has 0 amide bonds. The van der Waals surface area contributed by atoms with Crippen LogP contribution in [-0.2, 0) is 10.2 Å². The second kappa shape index (κ2) is 5.74. The van der Waals surface area contributed by atoms with Crippen LogP contribution in [0.25, 0.3) is 0 Å². The Labute approximate surface area is 160 Å². The summed E-state index contributed by atoms with van der Waals surface area (Å²) in [5, 5.41) is 3.32. The summed E-state index contributed by atoms with van der Waals surface area (Å²) in [6.45, 7) is 6.20. The molecule has 3 nitrogen and oxygen atoms in total. The Kier molecular flexibility index (Phi) is 3.85. The number of hydrogen-bond donors (Lipinski definition) is 1. The molecule has 134 valence electrons. The molecule has 0 saturated carbocycles. The van der Waals surface area contributed by atoms with Crippen LogP contribution in [0.3, 0.4) is 0 Å². The van der Waals surface area contributed by atoms with Crippen molar-refractivity contribution in [3.05, 3.63) is 69.2 Å². The zero-order valence-corrected chi connectivity index (χ0v) is 16.6. The fraction of sp³-hybridized carbons (Fsp3) is 0.333. The van der Waals surface area contributed by atoms with Gasteiger partial charge in [0.05, 0.1) is 11.6 Å². The van der Waals surface area contributed by atoms with Crippen LogP contribution in [0, 0.1) is 11.2 Å². The van der Waals surface area contributed by atoms with Crippen molar-refractivity contribution >= 4 is 27.5 Å². The number of Topliss-reactive ketones (excluding diaryl/α,β-unsaturated/α-hetero) is 1. The van der Waals surface area contributed by atoms with Crippen LogP contribution in [0.4, 0.5) is 10.2 Å². The van der Waals surface area contributed by atoms with Crippen LogP contribution in [-0.4, -0.2) is 10.8 Å². The van der Waals surface area contributed by atoms with Crippen molar-refractivity contribution in [3.63, 3.8) is 0 Å². The first kappa shape index (κ1) is 17.4. The Hall–Kier alpha value is -2.01. The first-order valence-corrected chi connectivity index (χ1v) is 9.46. The van der Waals surface area contributed by atoms with E-state index in [1.165, 1.54) is 12.3 Å². The van der Waals surface area contributed by atoms with Crippen LogP contribution in [0.2, 0.25) is 0 Å². The first-order valence-electron chi connectivity index (χ1n) is 8.67. The second-order valence-electron chi connectivity index (χ2n) is 8.10. The quantitative estimate of drug-likeness (QED) is 0.682. The van der Waals surface area contributed by atoms with E-state index < -0.39 is 11.2 Å². The topological polar surface area (TPSA) is 42.0 Å². The van der Waals surface area contributed by atoms with E-state index in [2.05, 4.69) is 40.1 Å². The van der Waals surface area contributed by atoms with Gasteiger partial charge in [-0.1, -0.05) is 41.9 Å². The molecule has 2 aliphatic rings. The lowest BCUT2D eigenvalue weighted by Gasteiger charge is -2.44. The average Bonchev–Trinajstić information content (AvgIpc) is 2.54. The van der Waals surface area contributed by atoms with Crippen molar-refractivity contribution in [1.29, 1.82) is 0 Å². The lowest BCUT2D eigenvalue weighted by atomic mass is 9.62. The van der Waals surface area contributed by atoms with Crippen molar-refractivity contribution in [2.75, 3.05) is 5.32 Å². The van der Waals surface area contributed by atoms with E-state index in [4.69, 9.17) is 0 Å². The van der Waals surface area contributed by atoms with E-state index in [-0.39, 0.29) is 11.2 Å². The number of rotatable bonds is 1. The minimum absolute atomic E-state index is 0.112. The number of anilines is 1. The van der Waals surface area contributed by atoms with Gasteiger partial charge in [0.25, 0.3) is 0 Å². The maximum Gasteiger partial charge on any atom is 0.162 e. The Morgan fingerprint density at radius 2 is 1.96 bits per heavy atom. The molecule has 0 saturated heterocycles. The van der Waals surface area contributed by atoms with Gasteiger partial charge in [0.2, 0.25) is 0 Å². The van der Waals surface area contributed by atoms with Crippen molar-refractivity contribution < 1.29 is 9.18 Å². The van der Waals surface area contributed by atoms with Crippen molar-refractivity contribution in [3.8, 4) is 0 Å². The van der Waals surface area contributed by atoms with Crippen molar-refractivity contribution in [1.82, 2.24) is 4.98 Å². The van der Waals surface area contributed by atoms with Crippen molar-refractivity contribution in [2.45, 2.75) is 39.0 Å². The summed E-state index contributed by atoms with van der Waals surface area (Å²) >= 11 is 3.52. The molecule has 1 aliphatic heterocycles. The summed E-state index contributed by atoms with van der Waals surface area (Å²) in [6.07, 6.45) is 2.46. The highest BCUT2D eigenvalue weighted by Crippen LogP contribution is 2.52. The van der Waals surface area contributed by atoms with E-state index in [0.29, 0.717) is 17.8 Å². The number of hydrogen-bond acceptors (Lipinski definition) is 3. The number of allylic oxidation sites excluding steroid dienone is 2. The normalized spacial score (nSPS) is 24.0. The van der Waals surface area contributed by atoms with Crippen LogP contribution in [0.5, 0.6) is 0 Å². The molecule has 0 bridgehead atoms. The zero-order chi connectivity index (χ0) is 18.7. The summed E-state index contributed by atoms with van der Waals surface area (Å²) in [6, 6.07) is 9.36. The summed E-state index contributed by atoms with van der Waals surface area (Å²) in [5.41, 5.74) is 2.42. The molecule has 1 aliphatic carbocycles. The summed E-state index contributed by atoms with van der Waals surface area (Å²) in [5.74, 6) is 0.332. The molecule has 26 heavy (non-hydrogen) atoms. The highest BCUT2D eigenvalue weighted by molar-refractivity contribution is 9.10. The van der Waals surface area contributed by atoms with Gasteiger partial charge < -0.3 is 5.32 Å². The summed E-state index contributed by atoms with van der Waals surface area (Å²) < 4.78 is 15.0. The molecular formula is C21H20BrFN2O. The van der Waals surface area contributed by atoms with Gasteiger partial charge >= 0.3 is 0 Å². The van der Waals surface area contributed by atoms with E-state index in [1.807, 2.05) is 31.2 Å². The summed E-state index contributed by atoms with van der Waals surface area (Å²) in [4.78, 5) is 17.5. The Balaban J connectivity index is 2.04. The molecule has 1 unspecified atom stereocenters. The molecule has 1 N–H and O–H groups in total. The van der Waals surface area contributed by atoms with Gasteiger partial charge in [-0.05, 0) is 42.5 Å². The van der Waals surface area contributed by atoms with Crippen LogP contribution in [0.15, 0.2) is 52.3 Å². The van der Waals surface area contributed by atoms with Gasteiger partial charge in [-0.15, -0.1) is 0 Å². The summed E-state index contributed by atoms with van der Waals surface area (Å²) in [7, 11) is 0. The predicted octanol–water partition coefficient (Wildman–Crippen LogP) is 5.36.